The summed E-state index contributed by atoms with van der Waals surface area (Å²) in [7, 11) is 3.19. The van der Waals surface area contributed by atoms with Gasteiger partial charge in [-0.25, -0.2) is 0 Å². The van der Waals surface area contributed by atoms with Gasteiger partial charge in [-0.05, 0) is 30.3 Å². The molecule has 8 rings (SSSR count). The SMILES string of the molecule is COC[C@@H]1Oc2cc([C@H]3OC[C@]4(O)[C@@H](Oc5ccc6c(c5)OCO6)OC[C@H]34)c(OC)cc2O[C@H]1c1ccc2c(c1)OCO2. The fourth-order valence-corrected chi connectivity index (χ4v) is 6.27. The van der Waals surface area contributed by atoms with Crippen molar-refractivity contribution in [3.05, 3.63) is 59.7 Å². The molecule has 0 aromatic heterocycles. The zero-order valence-corrected chi connectivity index (χ0v) is 23.5. The van der Waals surface area contributed by atoms with Crippen molar-refractivity contribution in [3.8, 4) is 46.0 Å². The van der Waals surface area contributed by atoms with Crippen LogP contribution in [-0.4, -0.2) is 70.7 Å². The zero-order valence-electron chi connectivity index (χ0n) is 23.5. The minimum absolute atomic E-state index is 0.00758. The van der Waals surface area contributed by atoms with Crippen molar-refractivity contribution in [2.24, 2.45) is 5.92 Å². The summed E-state index contributed by atoms with van der Waals surface area (Å²) in [5, 5.41) is 11.8. The van der Waals surface area contributed by atoms with Crippen LogP contribution in [0.1, 0.15) is 23.3 Å². The smallest absolute Gasteiger partial charge is 0.231 e. The van der Waals surface area contributed by atoms with Crippen LogP contribution in [0.2, 0.25) is 0 Å². The summed E-state index contributed by atoms with van der Waals surface area (Å²) in [4.78, 5) is 0. The normalized spacial score (nSPS) is 29.4. The Morgan fingerprint density at radius 1 is 0.791 bits per heavy atom. The molecule has 6 atom stereocenters. The van der Waals surface area contributed by atoms with E-state index in [4.69, 9.17) is 52.1 Å². The molecule has 12 heteroatoms. The van der Waals surface area contributed by atoms with E-state index < -0.39 is 36.1 Å². The lowest BCUT2D eigenvalue weighted by molar-refractivity contribution is -0.152. The third kappa shape index (κ3) is 4.36. The lowest BCUT2D eigenvalue weighted by atomic mass is 9.85. The van der Waals surface area contributed by atoms with Crippen molar-refractivity contribution >= 4 is 0 Å². The first kappa shape index (κ1) is 26.5. The topological polar surface area (TPSA) is 122 Å². The average molecular weight is 595 g/mol. The Morgan fingerprint density at radius 3 is 2.33 bits per heavy atom. The highest BCUT2D eigenvalue weighted by atomic mass is 16.7. The molecule has 226 valence electrons. The molecule has 5 aliphatic rings. The van der Waals surface area contributed by atoms with Gasteiger partial charge in [-0.1, -0.05) is 6.07 Å². The average Bonchev–Trinajstić information content (AvgIpc) is 3.81. The van der Waals surface area contributed by atoms with Crippen LogP contribution in [0.5, 0.6) is 46.0 Å². The van der Waals surface area contributed by atoms with Crippen molar-refractivity contribution in [2.75, 3.05) is 47.6 Å². The van der Waals surface area contributed by atoms with Gasteiger partial charge >= 0.3 is 0 Å². The number of methoxy groups -OCH3 is 2. The summed E-state index contributed by atoms with van der Waals surface area (Å²) in [6.07, 6.45) is -2.41. The van der Waals surface area contributed by atoms with Crippen molar-refractivity contribution in [2.45, 2.75) is 30.2 Å². The summed E-state index contributed by atoms with van der Waals surface area (Å²) in [5.74, 6) is 4.18. The Bertz CT molecular complexity index is 1540. The third-order valence-electron chi connectivity index (χ3n) is 8.45. The second-order valence-corrected chi connectivity index (χ2v) is 10.9. The predicted octanol–water partition coefficient (Wildman–Crippen LogP) is 3.53. The van der Waals surface area contributed by atoms with Gasteiger partial charge in [0.2, 0.25) is 19.9 Å². The van der Waals surface area contributed by atoms with E-state index in [9.17, 15) is 5.11 Å². The van der Waals surface area contributed by atoms with Crippen molar-refractivity contribution in [3.63, 3.8) is 0 Å². The second kappa shape index (κ2) is 10.3. The summed E-state index contributed by atoms with van der Waals surface area (Å²) >= 11 is 0. The fourth-order valence-electron chi connectivity index (χ4n) is 6.27. The number of fused-ring (bicyclic) bond motifs is 4. The molecule has 5 heterocycles. The first-order chi connectivity index (χ1) is 21.0. The van der Waals surface area contributed by atoms with Gasteiger partial charge in [0.25, 0.3) is 0 Å². The Hall–Kier alpha value is -4.10. The number of benzene rings is 3. The largest absolute Gasteiger partial charge is 0.496 e. The summed E-state index contributed by atoms with van der Waals surface area (Å²) in [6.45, 7) is 0.846. The lowest BCUT2D eigenvalue weighted by Crippen LogP contribution is -2.46. The molecule has 0 bridgehead atoms. The van der Waals surface area contributed by atoms with Crippen molar-refractivity contribution in [1.82, 2.24) is 0 Å². The molecule has 0 radical (unpaired) electrons. The van der Waals surface area contributed by atoms with Gasteiger partial charge in [-0.15, -0.1) is 0 Å². The maximum Gasteiger partial charge on any atom is 0.231 e. The highest BCUT2D eigenvalue weighted by molar-refractivity contribution is 5.54. The Morgan fingerprint density at radius 2 is 1.53 bits per heavy atom. The molecule has 43 heavy (non-hydrogen) atoms. The maximum absolute atomic E-state index is 11.8. The molecule has 2 fully saturated rings. The molecule has 3 aromatic carbocycles. The first-order valence-corrected chi connectivity index (χ1v) is 14.0. The summed E-state index contributed by atoms with van der Waals surface area (Å²) in [6, 6.07) is 14.5. The molecule has 0 aliphatic carbocycles. The number of hydrogen-bond donors (Lipinski definition) is 1. The molecule has 0 unspecified atom stereocenters. The Kier molecular flexibility index (Phi) is 6.33. The third-order valence-corrected chi connectivity index (χ3v) is 8.45. The van der Waals surface area contributed by atoms with E-state index in [0.717, 1.165) is 5.56 Å². The van der Waals surface area contributed by atoms with E-state index in [1.807, 2.05) is 24.3 Å². The second-order valence-electron chi connectivity index (χ2n) is 10.9. The van der Waals surface area contributed by atoms with Crippen molar-refractivity contribution in [1.29, 1.82) is 0 Å². The van der Waals surface area contributed by atoms with Crippen LogP contribution >= 0.6 is 0 Å². The number of ether oxygens (including phenoxy) is 11. The zero-order chi connectivity index (χ0) is 29.1. The molecular formula is C31H30O12. The van der Waals surface area contributed by atoms with Crippen LogP contribution in [0.25, 0.3) is 0 Å². The molecule has 5 aliphatic heterocycles. The van der Waals surface area contributed by atoms with Crippen LogP contribution in [-0.2, 0) is 14.2 Å². The molecule has 0 saturated carbocycles. The van der Waals surface area contributed by atoms with E-state index >= 15 is 0 Å². The quantitative estimate of drug-likeness (QED) is 0.431. The van der Waals surface area contributed by atoms with E-state index in [-0.39, 0.29) is 33.4 Å². The molecule has 0 amide bonds. The van der Waals surface area contributed by atoms with Crippen LogP contribution < -0.4 is 37.9 Å². The Balaban J connectivity index is 1.06. The van der Waals surface area contributed by atoms with Gasteiger partial charge in [-0.3, -0.25) is 0 Å². The van der Waals surface area contributed by atoms with E-state index in [1.165, 1.54) is 0 Å². The minimum atomic E-state index is -1.40. The van der Waals surface area contributed by atoms with E-state index in [0.29, 0.717) is 51.6 Å². The number of aliphatic hydroxyl groups is 1. The molecule has 12 nitrogen and oxygen atoms in total. The molecular weight excluding hydrogens is 564 g/mol. The summed E-state index contributed by atoms with van der Waals surface area (Å²) in [5.41, 5.74) is 0.166. The monoisotopic (exact) mass is 594 g/mol. The first-order valence-electron chi connectivity index (χ1n) is 14.0. The van der Waals surface area contributed by atoms with Gasteiger partial charge in [0, 0.05) is 30.4 Å². The van der Waals surface area contributed by atoms with Crippen molar-refractivity contribution < 1.29 is 57.2 Å². The lowest BCUT2D eigenvalue weighted by Gasteiger charge is -2.35. The molecule has 0 spiro atoms. The summed E-state index contributed by atoms with van der Waals surface area (Å²) < 4.78 is 64.3. The van der Waals surface area contributed by atoms with Crippen LogP contribution in [0, 0.1) is 5.92 Å². The fraction of sp³-hybridized carbons (Fsp3) is 0.419. The van der Waals surface area contributed by atoms with Gasteiger partial charge in [0.1, 0.15) is 11.5 Å². The van der Waals surface area contributed by atoms with Crippen LogP contribution in [0.3, 0.4) is 0 Å². The predicted molar refractivity (Wildman–Crippen MR) is 145 cm³/mol. The minimum Gasteiger partial charge on any atom is -0.496 e. The Labute approximate surface area is 246 Å². The van der Waals surface area contributed by atoms with Crippen LogP contribution in [0.15, 0.2) is 48.5 Å². The van der Waals surface area contributed by atoms with Gasteiger partial charge < -0.3 is 57.2 Å². The molecule has 3 aromatic rings. The maximum atomic E-state index is 11.8. The van der Waals surface area contributed by atoms with Gasteiger partial charge in [0.15, 0.2) is 52.3 Å². The standard InChI is InChI=1S/C31H30O12/c1-33-12-27-28(16-3-5-20-23(7-16)39-14-37-20)43-26-10-22(34-2)18(9-25(26)42-27)29-19-11-35-30(31(19,32)13-36-29)41-17-4-6-21-24(8-17)40-15-38-21/h3-10,19,27-30,32H,11-15H2,1-2H3/t19-,27+,28+,29-,30-,31-/m1/s1. The van der Waals surface area contributed by atoms with E-state index in [1.54, 1.807) is 38.5 Å². The van der Waals surface area contributed by atoms with E-state index in [2.05, 4.69) is 0 Å². The molecule has 1 N–H and O–H groups in total. The highest BCUT2D eigenvalue weighted by Gasteiger charge is 2.61. The molecule has 2 saturated heterocycles. The van der Waals surface area contributed by atoms with Gasteiger partial charge in [0.05, 0.1) is 39.0 Å². The number of hydrogen-bond acceptors (Lipinski definition) is 12. The highest BCUT2D eigenvalue weighted by Crippen LogP contribution is 2.53. The number of rotatable bonds is 7. The van der Waals surface area contributed by atoms with Crippen LogP contribution in [0.4, 0.5) is 0 Å². The van der Waals surface area contributed by atoms with Gasteiger partial charge in [-0.2, -0.15) is 0 Å².